The normalized spacial score (nSPS) is 7.58. The Morgan fingerprint density at radius 3 is 1.38 bits per heavy atom. The molecule has 3 heteroatoms. The fraction of sp³-hybridized carbons (Fsp3) is 0.333. The summed E-state index contributed by atoms with van der Waals surface area (Å²) < 4.78 is 0. The number of para-hydroxylation sites is 1. The molecule has 0 spiro atoms. The molecule has 0 aromatic heterocycles. The Kier molecular flexibility index (Phi) is 20.6. The molecule has 134 valence electrons. The van der Waals surface area contributed by atoms with Gasteiger partial charge in [-0.25, -0.2) is 0 Å². The summed E-state index contributed by atoms with van der Waals surface area (Å²) in [6.07, 6.45) is 0. The zero-order valence-electron chi connectivity index (χ0n) is 15.1. The summed E-state index contributed by atoms with van der Waals surface area (Å²) >= 11 is 0. The van der Waals surface area contributed by atoms with Crippen molar-refractivity contribution in [2.75, 3.05) is 5.32 Å². The molecule has 2 aromatic carbocycles. The maximum absolute atomic E-state index is 10.6. The third-order valence-electron chi connectivity index (χ3n) is 2.27. The second kappa shape index (κ2) is 18.6. The van der Waals surface area contributed by atoms with Crippen molar-refractivity contribution in [3.63, 3.8) is 0 Å². The summed E-state index contributed by atoms with van der Waals surface area (Å²) in [4.78, 5) is 21.1. The van der Waals surface area contributed by atoms with E-state index in [2.05, 4.69) is 5.32 Å². The molecule has 0 aliphatic carbocycles. The molecule has 0 heterocycles. The summed E-state index contributed by atoms with van der Waals surface area (Å²) in [5.41, 5.74) is 1.62. The molecule has 0 fully saturated rings. The van der Waals surface area contributed by atoms with Crippen LogP contribution in [0.1, 0.15) is 59.3 Å². The first kappa shape index (κ1) is 26.5. The molecule has 0 aliphatic rings. The van der Waals surface area contributed by atoms with Gasteiger partial charge in [-0.1, -0.05) is 83.7 Å². The second-order valence-corrected chi connectivity index (χ2v) is 3.97. The van der Waals surface area contributed by atoms with E-state index in [0.717, 1.165) is 11.3 Å². The molecule has 1 N–H and O–H groups in total. The van der Waals surface area contributed by atoms with Crippen LogP contribution in [-0.4, -0.2) is 11.7 Å². The summed E-state index contributed by atoms with van der Waals surface area (Å²) in [6.45, 7) is 11.1. The number of hydrogen-bond donors (Lipinski definition) is 1. The van der Waals surface area contributed by atoms with Crippen molar-refractivity contribution in [3.05, 3.63) is 66.2 Å². The number of hydrogen-bond acceptors (Lipinski definition) is 2. The molecule has 2 rings (SSSR count). The van der Waals surface area contributed by atoms with Crippen LogP contribution in [0.3, 0.4) is 0 Å². The van der Waals surface area contributed by atoms with E-state index in [-0.39, 0.29) is 19.1 Å². The number of Topliss-reactive ketones (excluding diaryl/α,β-unsaturated/α-hetero) is 1. The molecule has 2 aromatic rings. The van der Waals surface area contributed by atoms with Gasteiger partial charge in [0, 0.05) is 18.2 Å². The van der Waals surface area contributed by atoms with Crippen LogP contribution in [0.5, 0.6) is 0 Å². The van der Waals surface area contributed by atoms with Crippen molar-refractivity contribution in [2.45, 2.75) is 49.0 Å². The first-order valence-corrected chi connectivity index (χ1v) is 7.98. The lowest BCUT2D eigenvalue weighted by Gasteiger charge is -1.98. The summed E-state index contributed by atoms with van der Waals surface area (Å²) in [7, 11) is 0. The molecule has 0 aliphatic heterocycles. The van der Waals surface area contributed by atoms with E-state index in [4.69, 9.17) is 0 Å². The average molecular weight is 332 g/mol. The quantitative estimate of drug-likeness (QED) is 0.664. The molecule has 0 unspecified atom stereocenters. The van der Waals surface area contributed by atoms with E-state index in [9.17, 15) is 9.59 Å². The van der Waals surface area contributed by atoms with Crippen LogP contribution in [0.15, 0.2) is 60.7 Å². The van der Waals surface area contributed by atoms with Crippen LogP contribution in [-0.2, 0) is 4.79 Å². The van der Waals surface area contributed by atoms with Gasteiger partial charge in [-0.05, 0) is 19.1 Å². The van der Waals surface area contributed by atoms with E-state index in [1.807, 2.05) is 88.4 Å². The number of anilines is 1. The van der Waals surface area contributed by atoms with E-state index >= 15 is 0 Å². The van der Waals surface area contributed by atoms with Crippen LogP contribution in [0.2, 0.25) is 0 Å². The summed E-state index contributed by atoms with van der Waals surface area (Å²) in [5, 5.41) is 2.67. The minimum atomic E-state index is -0.0359. The first-order valence-electron chi connectivity index (χ1n) is 7.98. The van der Waals surface area contributed by atoms with Gasteiger partial charge in [0.1, 0.15) is 0 Å². The van der Waals surface area contributed by atoms with Gasteiger partial charge in [0.2, 0.25) is 5.91 Å². The van der Waals surface area contributed by atoms with Gasteiger partial charge in [-0.15, -0.1) is 0 Å². The number of nitrogens with one attached hydrogen (secondary N) is 1. The second-order valence-electron chi connectivity index (χ2n) is 3.97. The summed E-state index contributed by atoms with van der Waals surface area (Å²) in [5.74, 6) is 0.0850. The molecular weight excluding hydrogens is 298 g/mol. The van der Waals surface area contributed by atoms with Crippen LogP contribution >= 0.6 is 0 Å². The Hall–Kier alpha value is -2.42. The van der Waals surface area contributed by atoms with Crippen LogP contribution < -0.4 is 5.32 Å². The van der Waals surface area contributed by atoms with Gasteiger partial charge in [-0.3, -0.25) is 9.59 Å². The highest BCUT2D eigenvalue weighted by molar-refractivity contribution is 5.93. The highest BCUT2D eigenvalue weighted by Gasteiger charge is 1.92. The fourth-order valence-electron chi connectivity index (χ4n) is 1.40. The number of rotatable bonds is 2. The molecule has 0 saturated carbocycles. The molecular formula is C21H33NO2. The third kappa shape index (κ3) is 14.5. The largest absolute Gasteiger partial charge is 0.326 e. The fourth-order valence-corrected chi connectivity index (χ4v) is 1.40. The van der Waals surface area contributed by atoms with E-state index in [1.54, 1.807) is 6.92 Å². The highest BCUT2D eigenvalue weighted by Crippen LogP contribution is 2.03. The predicted octanol–water partition coefficient (Wildman–Crippen LogP) is 6.22. The van der Waals surface area contributed by atoms with Crippen LogP contribution in [0.4, 0.5) is 5.69 Å². The van der Waals surface area contributed by atoms with Crippen molar-refractivity contribution in [3.8, 4) is 0 Å². The standard InChI is InChI=1S/C8H9NO.C8H8O.2C2H6.CH4/c1-7(10)9-8-5-3-2-4-6-8;1-7(9)8-5-3-2-4-6-8;2*1-2;/h2-6H,1H3,(H,9,10);2-6H,1H3;2*1-2H3;1H4. The molecule has 0 radical (unpaired) electrons. The maximum atomic E-state index is 10.6. The molecule has 3 nitrogen and oxygen atoms in total. The van der Waals surface area contributed by atoms with Gasteiger partial charge < -0.3 is 5.32 Å². The van der Waals surface area contributed by atoms with Gasteiger partial charge >= 0.3 is 0 Å². The monoisotopic (exact) mass is 331 g/mol. The highest BCUT2D eigenvalue weighted by atomic mass is 16.1. The lowest BCUT2D eigenvalue weighted by atomic mass is 10.2. The van der Waals surface area contributed by atoms with Crippen molar-refractivity contribution in [1.82, 2.24) is 0 Å². The van der Waals surface area contributed by atoms with E-state index in [0.29, 0.717) is 0 Å². The SMILES string of the molecule is C.CC.CC.CC(=O)Nc1ccccc1.CC(=O)c1ccccc1. The Balaban J connectivity index is -0.000000295. The molecule has 0 bridgehead atoms. The Morgan fingerprint density at radius 1 is 0.708 bits per heavy atom. The van der Waals surface area contributed by atoms with Gasteiger partial charge in [-0.2, -0.15) is 0 Å². The molecule has 0 atom stereocenters. The molecule has 0 saturated heterocycles. The van der Waals surface area contributed by atoms with Gasteiger partial charge in [0.25, 0.3) is 0 Å². The van der Waals surface area contributed by atoms with Crippen LogP contribution in [0, 0.1) is 0 Å². The zero-order valence-corrected chi connectivity index (χ0v) is 15.1. The maximum Gasteiger partial charge on any atom is 0.221 e. The van der Waals surface area contributed by atoms with Gasteiger partial charge in [0.15, 0.2) is 5.78 Å². The number of carbonyl (C=O) groups is 2. The molecule has 24 heavy (non-hydrogen) atoms. The van der Waals surface area contributed by atoms with Crippen LogP contribution in [0.25, 0.3) is 0 Å². The van der Waals surface area contributed by atoms with Crippen molar-refractivity contribution in [1.29, 1.82) is 0 Å². The smallest absolute Gasteiger partial charge is 0.221 e. The number of benzene rings is 2. The Bertz CT molecular complexity index is 522. The van der Waals surface area contributed by atoms with Crippen molar-refractivity contribution < 1.29 is 9.59 Å². The number of carbonyl (C=O) groups excluding carboxylic acids is 2. The topological polar surface area (TPSA) is 46.2 Å². The lowest BCUT2D eigenvalue weighted by Crippen LogP contribution is -2.04. The van der Waals surface area contributed by atoms with Crippen molar-refractivity contribution >= 4 is 17.4 Å². The third-order valence-corrected chi connectivity index (χ3v) is 2.27. The van der Waals surface area contributed by atoms with Crippen molar-refractivity contribution in [2.24, 2.45) is 0 Å². The lowest BCUT2D eigenvalue weighted by molar-refractivity contribution is -0.114. The zero-order chi connectivity index (χ0) is 18.1. The van der Waals surface area contributed by atoms with E-state index < -0.39 is 0 Å². The Labute approximate surface area is 148 Å². The van der Waals surface area contributed by atoms with E-state index in [1.165, 1.54) is 6.92 Å². The summed E-state index contributed by atoms with van der Waals surface area (Å²) in [6, 6.07) is 18.6. The molecule has 1 amide bonds. The predicted molar refractivity (Wildman–Crippen MR) is 107 cm³/mol. The first-order chi connectivity index (χ1) is 11.1. The Morgan fingerprint density at radius 2 is 1.08 bits per heavy atom. The minimum absolute atomic E-state index is 0. The average Bonchev–Trinajstić information content (AvgIpc) is 2.60. The number of amides is 1. The number of ketones is 1. The van der Waals surface area contributed by atoms with Gasteiger partial charge in [0.05, 0.1) is 0 Å². The minimum Gasteiger partial charge on any atom is -0.326 e.